The highest BCUT2D eigenvalue weighted by Gasteiger charge is 2.28. The second kappa shape index (κ2) is 13.1. The van der Waals surface area contributed by atoms with Gasteiger partial charge < -0.3 is 10.1 Å². The van der Waals surface area contributed by atoms with Crippen LogP contribution in [0.15, 0.2) is 102 Å². The van der Waals surface area contributed by atoms with Crippen LogP contribution >= 0.6 is 23.2 Å². The molecule has 0 radical (unpaired) electrons. The van der Waals surface area contributed by atoms with Crippen LogP contribution in [0.1, 0.15) is 28.4 Å². The van der Waals surface area contributed by atoms with Gasteiger partial charge in [-0.1, -0.05) is 83.9 Å². The number of nitrogens with one attached hydrogen (secondary N) is 2. The van der Waals surface area contributed by atoms with Crippen molar-refractivity contribution in [3.8, 4) is 5.75 Å². The normalized spacial score (nSPS) is 12.0. The molecule has 4 aromatic carbocycles. The summed E-state index contributed by atoms with van der Waals surface area (Å²) < 4.78 is 34.6. The zero-order valence-corrected chi connectivity index (χ0v) is 23.8. The Morgan fingerprint density at radius 1 is 0.875 bits per heavy atom. The molecule has 2 N–H and O–H groups in total. The minimum absolute atomic E-state index is 0.0478. The fourth-order valence-corrected chi connectivity index (χ4v) is 5.69. The molecule has 206 valence electrons. The summed E-state index contributed by atoms with van der Waals surface area (Å²) >= 11 is 12.4. The number of ketones is 1. The number of sulfonamides is 1. The van der Waals surface area contributed by atoms with E-state index in [9.17, 15) is 18.0 Å². The molecule has 0 aliphatic heterocycles. The van der Waals surface area contributed by atoms with Crippen molar-refractivity contribution in [2.45, 2.75) is 24.3 Å². The number of halogens is 2. The van der Waals surface area contributed by atoms with E-state index in [1.165, 1.54) is 36.4 Å². The lowest BCUT2D eigenvalue weighted by Crippen LogP contribution is -2.45. The molecule has 0 fully saturated rings. The topological polar surface area (TPSA) is 102 Å². The van der Waals surface area contributed by atoms with Crippen LogP contribution in [0.25, 0.3) is 0 Å². The first-order chi connectivity index (χ1) is 19.2. The van der Waals surface area contributed by atoms with Gasteiger partial charge in [-0.2, -0.15) is 4.72 Å². The number of anilines is 1. The van der Waals surface area contributed by atoms with Crippen molar-refractivity contribution in [3.05, 3.63) is 124 Å². The number of carbonyl (C=O) groups excluding carboxylic acids is 2. The Morgan fingerprint density at radius 2 is 1.55 bits per heavy atom. The van der Waals surface area contributed by atoms with E-state index in [4.69, 9.17) is 27.9 Å². The molecule has 0 saturated carbocycles. The Hall–Kier alpha value is -3.69. The molecule has 1 atom stereocenters. The highest BCUT2D eigenvalue weighted by molar-refractivity contribution is 7.89. The number of hydrogen-bond acceptors (Lipinski definition) is 5. The van der Waals surface area contributed by atoms with Gasteiger partial charge in [0, 0.05) is 16.1 Å². The SMILES string of the molecule is CCOc1ccc(S(=O)(=O)NC(Cc2ccccc2)C(=O)Nc2ccc(Cl)cc2C(=O)c2ccccc2)cc1Cl. The maximum Gasteiger partial charge on any atom is 0.242 e. The zero-order chi connectivity index (χ0) is 28.7. The smallest absolute Gasteiger partial charge is 0.242 e. The largest absolute Gasteiger partial charge is 0.492 e. The average Bonchev–Trinajstić information content (AvgIpc) is 2.95. The summed E-state index contributed by atoms with van der Waals surface area (Å²) in [7, 11) is -4.19. The van der Waals surface area contributed by atoms with Gasteiger partial charge in [0.25, 0.3) is 0 Å². The summed E-state index contributed by atoms with van der Waals surface area (Å²) in [6.45, 7) is 2.15. The van der Waals surface area contributed by atoms with E-state index in [0.29, 0.717) is 22.9 Å². The van der Waals surface area contributed by atoms with Gasteiger partial charge in [0.1, 0.15) is 11.8 Å². The number of benzene rings is 4. The molecule has 0 bridgehead atoms. The lowest BCUT2D eigenvalue weighted by Gasteiger charge is -2.20. The lowest BCUT2D eigenvalue weighted by molar-refractivity contribution is -0.117. The first-order valence-corrected chi connectivity index (χ1v) is 14.6. The van der Waals surface area contributed by atoms with Gasteiger partial charge in [-0.05, 0) is 55.3 Å². The Balaban J connectivity index is 1.65. The van der Waals surface area contributed by atoms with Crippen molar-refractivity contribution in [2.24, 2.45) is 0 Å². The van der Waals surface area contributed by atoms with E-state index in [-0.39, 0.29) is 33.4 Å². The third-order valence-electron chi connectivity index (χ3n) is 5.93. The molecule has 0 spiro atoms. The minimum atomic E-state index is -4.19. The van der Waals surface area contributed by atoms with Crippen molar-refractivity contribution < 1.29 is 22.7 Å². The van der Waals surface area contributed by atoms with Gasteiger partial charge in [-0.15, -0.1) is 0 Å². The molecule has 4 aromatic rings. The first kappa shape index (κ1) is 29.3. The maximum atomic E-state index is 13.6. The van der Waals surface area contributed by atoms with Crippen molar-refractivity contribution in [3.63, 3.8) is 0 Å². The molecule has 0 aromatic heterocycles. The monoisotopic (exact) mass is 596 g/mol. The van der Waals surface area contributed by atoms with Gasteiger partial charge in [-0.25, -0.2) is 8.42 Å². The van der Waals surface area contributed by atoms with Crippen molar-refractivity contribution in [2.75, 3.05) is 11.9 Å². The van der Waals surface area contributed by atoms with E-state index in [1.807, 2.05) is 6.07 Å². The summed E-state index contributed by atoms with van der Waals surface area (Å²) in [5.41, 5.74) is 1.51. The Morgan fingerprint density at radius 3 is 2.20 bits per heavy atom. The van der Waals surface area contributed by atoms with Crippen molar-refractivity contribution in [1.29, 1.82) is 0 Å². The highest BCUT2D eigenvalue weighted by Crippen LogP contribution is 2.28. The first-order valence-electron chi connectivity index (χ1n) is 12.4. The minimum Gasteiger partial charge on any atom is -0.492 e. The second-order valence-electron chi connectivity index (χ2n) is 8.76. The van der Waals surface area contributed by atoms with E-state index in [0.717, 1.165) is 5.56 Å². The van der Waals surface area contributed by atoms with Crippen LogP contribution in [0.3, 0.4) is 0 Å². The van der Waals surface area contributed by atoms with E-state index >= 15 is 0 Å². The predicted octanol–water partition coefficient (Wildman–Crippen LogP) is 6.15. The van der Waals surface area contributed by atoms with Gasteiger partial charge in [0.05, 0.1) is 22.2 Å². The summed E-state index contributed by atoms with van der Waals surface area (Å²) in [6, 6.07) is 24.9. The third kappa shape index (κ3) is 7.28. The number of rotatable bonds is 11. The number of carbonyl (C=O) groups is 2. The fraction of sp³-hybridized carbons (Fsp3) is 0.133. The fourth-order valence-electron chi connectivity index (χ4n) is 3.99. The molecule has 4 rings (SSSR count). The molecular formula is C30H26Cl2N2O5S. The predicted molar refractivity (Wildman–Crippen MR) is 157 cm³/mol. The second-order valence-corrected chi connectivity index (χ2v) is 11.3. The van der Waals surface area contributed by atoms with E-state index in [1.54, 1.807) is 61.5 Å². The van der Waals surface area contributed by atoms with Crippen LogP contribution in [0, 0.1) is 0 Å². The molecular weight excluding hydrogens is 571 g/mol. The van der Waals surface area contributed by atoms with Crippen LogP contribution in [-0.4, -0.2) is 32.8 Å². The summed E-state index contributed by atoms with van der Waals surface area (Å²) in [4.78, 5) is 26.7. The lowest BCUT2D eigenvalue weighted by atomic mass is 10.0. The van der Waals surface area contributed by atoms with Crippen molar-refractivity contribution >= 4 is 50.6 Å². The van der Waals surface area contributed by atoms with E-state index < -0.39 is 22.0 Å². The standard InChI is InChI=1S/C30H26Cl2N2O5S/c1-2-39-28-16-14-23(19-25(28)32)40(37,38)34-27(17-20-9-5-3-6-10-20)30(36)33-26-15-13-22(31)18-24(26)29(35)21-11-7-4-8-12-21/h3-16,18-19,27,34H,2,17H2,1H3,(H,33,36). The third-order valence-corrected chi connectivity index (χ3v) is 7.93. The van der Waals surface area contributed by atoms with Crippen LogP contribution in [0.5, 0.6) is 5.75 Å². The average molecular weight is 598 g/mol. The number of hydrogen-bond donors (Lipinski definition) is 2. The Labute approximate surface area is 243 Å². The molecule has 7 nitrogen and oxygen atoms in total. The molecule has 1 amide bonds. The Kier molecular flexibility index (Phi) is 9.60. The van der Waals surface area contributed by atoms with Gasteiger partial charge in [-0.3, -0.25) is 9.59 Å². The molecule has 1 unspecified atom stereocenters. The number of amides is 1. The van der Waals surface area contributed by atoms with Gasteiger partial charge in [0.15, 0.2) is 5.78 Å². The van der Waals surface area contributed by atoms with Crippen LogP contribution in [0.4, 0.5) is 5.69 Å². The highest BCUT2D eigenvalue weighted by atomic mass is 35.5. The molecule has 0 aliphatic carbocycles. The van der Waals surface area contributed by atoms with Crippen LogP contribution < -0.4 is 14.8 Å². The van der Waals surface area contributed by atoms with Crippen molar-refractivity contribution in [1.82, 2.24) is 4.72 Å². The molecule has 0 heterocycles. The quantitative estimate of drug-likeness (QED) is 0.202. The molecule has 0 aliphatic rings. The van der Waals surface area contributed by atoms with Gasteiger partial charge >= 0.3 is 0 Å². The zero-order valence-electron chi connectivity index (χ0n) is 21.4. The summed E-state index contributed by atoms with van der Waals surface area (Å²) in [5.74, 6) is -0.656. The van der Waals surface area contributed by atoms with Crippen LogP contribution in [0.2, 0.25) is 10.0 Å². The Bertz CT molecular complexity index is 1610. The molecule has 40 heavy (non-hydrogen) atoms. The maximum absolute atomic E-state index is 13.6. The van der Waals surface area contributed by atoms with E-state index in [2.05, 4.69) is 10.0 Å². The summed E-state index contributed by atoms with van der Waals surface area (Å²) in [6.07, 6.45) is 0.0478. The molecule has 0 saturated heterocycles. The molecule has 10 heteroatoms. The summed E-state index contributed by atoms with van der Waals surface area (Å²) in [5, 5.41) is 3.16. The number of ether oxygens (including phenoxy) is 1. The van der Waals surface area contributed by atoms with Crippen LogP contribution in [-0.2, 0) is 21.2 Å². The van der Waals surface area contributed by atoms with Gasteiger partial charge in [0.2, 0.25) is 15.9 Å².